The molecule has 1 aromatic rings. The molecule has 2 N–H and O–H groups in total. The molecule has 0 aromatic heterocycles. The van der Waals surface area contributed by atoms with Crippen molar-refractivity contribution in [1.82, 2.24) is 5.32 Å². The molecule has 19 heavy (non-hydrogen) atoms. The highest BCUT2D eigenvalue weighted by Gasteiger charge is 2.30. The molecular formula is C14H19BrN2O2. The molecule has 0 bridgehead atoms. The summed E-state index contributed by atoms with van der Waals surface area (Å²) in [7, 11) is 0. The number of hydrogen-bond donors (Lipinski definition) is 2. The van der Waals surface area contributed by atoms with Gasteiger partial charge in [-0.1, -0.05) is 13.0 Å². The van der Waals surface area contributed by atoms with E-state index in [1.54, 1.807) is 0 Å². The summed E-state index contributed by atoms with van der Waals surface area (Å²) < 4.78 is 0.952. The Morgan fingerprint density at radius 3 is 2.89 bits per heavy atom. The van der Waals surface area contributed by atoms with Gasteiger partial charge in [-0.15, -0.1) is 0 Å². The smallest absolute Gasteiger partial charge is 0.245 e. The van der Waals surface area contributed by atoms with E-state index in [4.69, 9.17) is 0 Å². The Kier molecular flexibility index (Phi) is 4.47. The molecule has 4 nitrogen and oxygen atoms in total. The van der Waals surface area contributed by atoms with Gasteiger partial charge >= 0.3 is 0 Å². The van der Waals surface area contributed by atoms with E-state index in [1.165, 1.54) is 0 Å². The first-order valence-electron chi connectivity index (χ1n) is 6.44. The number of rotatable bonds is 2. The molecule has 0 radical (unpaired) electrons. The number of amides is 1. The van der Waals surface area contributed by atoms with Crippen LogP contribution in [0.1, 0.15) is 12.5 Å². The van der Waals surface area contributed by atoms with Gasteiger partial charge < -0.3 is 15.3 Å². The summed E-state index contributed by atoms with van der Waals surface area (Å²) >= 11 is 3.55. The van der Waals surface area contributed by atoms with Crippen molar-refractivity contribution in [1.29, 1.82) is 0 Å². The van der Waals surface area contributed by atoms with Crippen molar-refractivity contribution in [3.05, 3.63) is 28.2 Å². The van der Waals surface area contributed by atoms with Gasteiger partial charge in [0.2, 0.25) is 5.91 Å². The standard InChI is InChI=1S/C14H19BrN2O2/c1-9-3-4-12(11(15)5-9)17-7-10(2)6-16-14(19)13(17)8-18/h3-5,10,13,18H,6-8H2,1-2H3,(H,16,19). The Balaban J connectivity index is 2.39. The number of hydrogen-bond acceptors (Lipinski definition) is 3. The van der Waals surface area contributed by atoms with Gasteiger partial charge in [0.05, 0.1) is 12.3 Å². The molecular weight excluding hydrogens is 308 g/mol. The minimum absolute atomic E-state index is 0.112. The molecule has 2 atom stereocenters. The second-order valence-electron chi connectivity index (χ2n) is 5.16. The van der Waals surface area contributed by atoms with E-state index in [0.29, 0.717) is 12.5 Å². The summed E-state index contributed by atoms with van der Waals surface area (Å²) in [5.74, 6) is 0.230. The van der Waals surface area contributed by atoms with Gasteiger partial charge in [0.15, 0.2) is 0 Å². The van der Waals surface area contributed by atoms with Crippen LogP contribution in [0.25, 0.3) is 0 Å². The zero-order valence-electron chi connectivity index (χ0n) is 11.2. The molecule has 2 unspecified atom stereocenters. The highest BCUT2D eigenvalue weighted by molar-refractivity contribution is 9.10. The summed E-state index contributed by atoms with van der Waals surface area (Å²) in [6, 6.07) is 5.51. The Hall–Kier alpha value is -1.07. The second kappa shape index (κ2) is 5.92. The first-order valence-corrected chi connectivity index (χ1v) is 7.23. The van der Waals surface area contributed by atoms with E-state index in [1.807, 2.05) is 30.0 Å². The fourth-order valence-electron chi connectivity index (χ4n) is 2.35. The lowest BCUT2D eigenvalue weighted by molar-refractivity contribution is -0.122. The number of aliphatic hydroxyl groups is 1. The molecule has 0 aliphatic carbocycles. The third-order valence-electron chi connectivity index (χ3n) is 3.40. The Labute approximate surface area is 121 Å². The highest BCUT2D eigenvalue weighted by atomic mass is 79.9. The van der Waals surface area contributed by atoms with Crippen LogP contribution in [0, 0.1) is 12.8 Å². The van der Waals surface area contributed by atoms with Crippen molar-refractivity contribution in [2.24, 2.45) is 5.92 Å². The maximum atomic E-state index is 12.0. The van der Waals surface area contributed by atoms with Gasteiger partial charge in [0.1, 0.15) is 6.04 Å². The largest absolute Gasteiger partial charge is 0.394 e. The van der Waals surface area contributed by atoms with Gasteiger partial charge in [-0.2, -0.15) is 0 Å². The van der Waals surface area contributed by atoms with Crippen LogP contribution < -0.4 is 10.2 Å². The molecule has 1 aliphatic heterocycles. The third kappa shape index (κ3) is 3.09. The van der Waals surface area contributed by atoms with Crippen molar-refractivity contribution in [3.8, 4) is 0 Å². The van der Waals surface area contributed by atoms with E-state index in [9.17, 15) is 9.90 Å². The predicted molar refractivity (Wildman–Crippen MR) is 79.3 cm³/mol. The fraction of sp³-hybridized carbons (Fsp3) is 0.500. The number of anilines is 1. The van der Waals surface area contributed by atoms with E-state index < -0.39 is 6.04 Å². The fourth-order valence-corrected chi connectivity index (χ4v) is 3.08. The monoisotopic (exact) mass is 326 g/mol. The molecule has 104 valence electrons. The molecule has 1 heterocycles. The van der Waals surface area contributed by atoms with E-state index >= 15 is 0 Å². The first kappa shape index (κ1) is 14.3. The van der Waals surface area contributed by atoms with Crippen molar-refractivity contribution < 1.29 is 9.90 Å². The maximum absolute atomic E-state index is 12.0. The number of nitrogens with one attached hydrogen (secondary N) is 1. The zero-order valence-corrected chi connectivity index (χ0v) is 12.8. The molecule has 1 aromatic carbocycles. The van der Waals surface area contributed by atoms with Crippen molar-refractivity contribution in [2.75, 3.05) is 24.6 Å². The second-order valence-corrected chi connectivity index (χ2v) is 6.01. The van der Waals surface area contributed by atoms with E-state index in [-0.39, 0.29) is 12.5 Å². The molecule has 0 spiro atoms. The van der Waals surface area contributed by atoms with Crippen LogP contribution in [-0.2, 0) is 4.79 Å². The van der Waals surface area contributed by atoms with Crippen LogP contribution in [0.3, 0.4) is 0 Å². The van der Waals surface area contributed by atoms with Crippen molar-refractivity contribution >= 4 is 27.5 Å². The summed E-state index contributed by atoms with van der Waals surface area (Å²) in [4.78, 5) is 14.0. The first-order chi connectivity index (χ1) is 9.02. The van der Waals surface area contributed by atoms with Crippen LogP contribution in [0.5, 0.6) is 0 Å². The molecule has 1 amide bonds. The Bertz CT molecular complexity index is 479. The van der Waals surface area contributed by atoms with Gasteiger partial charge in [0.25, 0.3) is 0 Å². The molecule has 1 aliphatic rings. The SMILES string of the molecule is Cc1ccc(N2CC(C)CNC(=O)C2CO)c(Br)c1. The molecule has 1 fully saturated rings. The number of carbonyl (C=O) groups excluding carboxylic acids is 1. The summed E-state index contributed by atoms with van der Waals surface area (Å²) in [5, 5.41) is 12.4. The third-order valence-corrected chi connectivity index (χ3v) is 4.03. The van der Waals surface area contributed by atoms with Crippen LogP contribution in [-0.4, -0.2) is 36.8 Å². The molecule has 1 saturated heterocycles. The number of aliphatic hydroxyl groups excluding tert-OH is 1. The summed E-state index contributed by atoms with van der Waals surface area (Å²) in [6.07, 6.45) is 0. The maximum Gasteiger partial charge on any atom is 0.245 e. The molecule has 0 saturated carbocycles. The lowest BCUT2D eigenvalue weighted by Gasteiger charge is -2.31. The number of halogens is 1. The average Bonchev–Trinajstić information content (AvgIpc) is 2.49. The van der Waals surface area contributed by atoms with Crippen LogP contribution in [0.15, 0.2) is 22.7 Å². The normalized spacial score (nSPS) is 24.0. The van der Waals surface area contributed by atoms with Gasteiger partial charge in [0, 0.05) is 17.6 Å². The molecule has 5 heteroatoms. The topological polar surface area (TPSA) is 52.6 Å². The van der Waals surface area contributed by atoms with Gasteiger partial charge in [-0.25, -0.2) is 0 Å². The Morgan fingerprint density at radius 2 is 2.26 bits per heavy atom. The number of nitrogens with zero attached hydrogens (tertiary/aromatic N) is 1. The summed E-state index contributed by atoms with van der Waals surface area (Å²) in [5.41, 5.74) is 2.11. The minimum Gasteiger partial charge on any atom is -0.394 e. The average molecular weight is 327 g/mol. The van der Waals surface area contributed by atoms with Gasteiger partial charge in [-0.05, 0) is 46.5 Å². The van der Waals surface area contributed by atoms with Crippen LogP contribution in [0.2, 0.25) is 0 Å². The number of carbonyl (C=O) groups is 1. The molecule has 2 rings (SSSR count). The quantitative estimate of drug-likeness (QED) is 0.869. The number of benzene rings is 1. The van der Waals surface area contributed by atoms with Crippen molar-refractivity contribution in [2.45, 2.75) is 19.9 Å². The highest BCUT2D eigenvalue weighted by Crippen LogP contribution is 2.30. The van der Waals surface area contributed by atoms with Gasteiger partial charge in [-0.3, -0.25) is 4.79 Å². The lowest BCUT2D eigenvalue weighted by atomic mass is 10.1. The van der Waals surface area contributed by atoms with Crippen LogP contribution in [0.4, 0.5) is 5.69 Å². The predicted octanol–water partition coefficient (Wildman–Crippen LogP) is 1.69. The Morgan fingerprint density at radius 1 is 1.53 bits per heavy atom. The summed E-state index contributed by atoms with van der Waals surface area (Å²) in [6.45, 7) is 5.32. The lowest BCUT2D eigenvalue weighted by Crippen LogP contribution is -2.47. The van der Waals surface area contributed by atoms with E-state index in [0.717, 1.165) is 22.3 Å². The minimum atomic E-state index is -0.524. The van der Waals surface area contributed by atoms with E-state index in [2.05, 4.69) is 28.2 Å². The number of aryl methyl sites for hydroxylation is 1. The van der Waals surface area contributed by atoms with Crippen LogP contribution >= 0.6 is 15.9 Å². The van der Waals surface area contributed by atoms with Crippen molar-refractivity contribution in [3.63, 3.8) is 0 Å². The zero-order chi connectivity index (χ0) is 14.0.